The third-order valence-corrected chi connectivity index (χ3v) is 7.81. The molecule has 8 nitrogen and oxygen atoms in total. The van der Waals surface area contributed by atoms with Gasteiger partial charge in [0.25, 0.3) is 0 Å². The molecule has 1 aliphatic carbocycles. The number of nitrogen functional groups attached to an aromatic ring is 1. The lowest BCUT2D eigenvalue weighted by atomic mass is 9.79. The Morgan fingerprint density at radius 3 is 2.65 bits per heavy atom. The molecule has 10 heteroatoms. The van der Waals surface area contributed by atoms with Gasteiger partial charge in [0.15, 0.2) is 11.6 Å². The van der Waals surface area contributed by atoms with E-state index in [0.29, 0.717) is 45.6 Å². The molecule has 4 heterocycles. The fraction of sp³-hybridized carbons (Fsp3) is 0.583. The van der Waals surface area contributed by atoms with Gasteiger partial charge in [-0.3, -0.25) is 0 Å². The van der Waals surface area contributed by atoms with E-state index in [1.807, 2.05) is 45.8 Å². The lowest BCUT2D eigenvalue weighted by Gasteiger charge is -2.44. The number of fused-ring (bicyclic) bond motifs is 2. The molecule has 1 saturated carbocycles. The van der Waals surface area contributed by atoms with Gasteiger partial charge < -0.3 is 30.5 Å². The van der Waals surface area contributed by atoms with Crippen molar-refractivity contribution in [3.05, 3.63) is 22.4 Å². The number of likely N-dealkylation sites (N-methyl/N-ethyl adjacent to an activating group) is 1. The van der Waals surface area contributed by atoms with Crippen LogP contribution in [0, 0.1) is 11.7 Å². The second-order valence-corrected chi connectivity index (χ2v) is 11.7. The van der Waals surface area contributed by atoms with Gasteiger partial charge in [0.1, 0.15) is 11.1 Å². The van der Waals surface area contributed by atoms with Crippen molar-refractivity contribution < 1.29 is 13.9 Å². The molecule has 3 aliphatic heterocycles. The van der Waals surface area contributed by atoms with Crippen molar-refractivity contribution in [3.63, 3.8) is 0 Å². The van der Waals surface area contributed by atoms with E-state index in [-0.39, 0.29) is 23.7 Å². The van der Waals surface area contributed by atoms with E-state index >= 15 is 4.39 Å². The summed E-state index contributed by atoms with van der Waals surface area (Å²) in [5, 5.41) is 4.23. The molecule has 6 rings (SSSR count). The molecule has 3 atom stereocenters. The smallest absolute Gasteiger partial charge is 0.410 e. The summed E-state index contributed by atoms with van der Waals surface area (Å²) in [7, 11) is 4.09. The van der Waals surface area contributed by atoms with Crippen molar-refractivity contribution in [2.45, 2.75) is 50.9 Å². The lowest BCUT2D eigenvalue weighted by Crippen LogP contribution is -2.58. The average Bonchev–Trinajstić information content (AvgIpc) is 3.28. The van der Waals surface area contributed by atoms with Crippen LogP contribution in [0.3, 0.4) is 0 Å². The number of nitrogens with one attached hydrogen (secondary N) is 1. The van der Waals surface area contributed by atoms with E-state index in [0.717, 1.165) is 19.5 Å². The lowest BCUT2D eigenvalue weighted by molar-refractivity contribution is 0.0239. The monoisotopic (exact) mass is 534 g/mol. The molecule has 184 valence electrons. The maximum atomic E-state index is 15.1. The molecule has 3 saturated heterocycles. The van der Waals surface area contributed by atoms with Gasteiger partial charge in [-0.25, -0.2) is 14.2 Å². The third kappa shape index (κ3) is 3.84. The summed E-state index contributed by atoms with van der Waals surface area (Å²) < 4.78 is 21.1. The van der Waals surface area contributed by atoms with E-state index in [4.69, 9.17) is 10.5 Å². The summed E-state index contributed by atoms with van der Waals surface area (Å²) >= 11 is 3.29. The zero-order valence-electron chi connectivity index (χ0n) is 20.2. The predicted molar refractivity (Wildman–Crippen MR) is 136 cm³/mol. The van der Waals surface area contributed by atoms with Crippen molar-refractivity contribution >= 4 is 50.1 Å². The topological polar surface area (TPSA) is 87.0 Å². The molecule has 2 aromatic rings. The van der Waals surface area contributed by atoms with Crippen molar-refractivity contribution in [1.29, 1.82) is 0 Å². The second kappa shape index (κ2) is 8.12. The minimum Gasteiger partial charge on any atom is -0.444 e. The summed E-state index contributed by atoms with van der Waals surface area (Å²) in [5.41, 5.74) is 7.61. The predicted octanol–water partition coefficient (Wildman–Crippen LogP) is 3.89. The number of carbonyl (C=O) groups is 1. The molecule has 2 bridgehead atoms. The van der Waals surface area contributed by atoms with Gasteiger partial charge in [0.05, 0.1) is 27.9 Å². The number of hydrogen-bond donors (Lipinski definition) is 2. The van der Waals surface area contributed by atoms with Crippen LogP contribution in [-0.2, 0) is 4.74 Å². The van der Waals surface area contributed by atoms with Gasteiger partial charge in [-0.05, 0) is 69.4 Å². The maximum absolute atomic E-state index is 15.1. The Balaban J connectivity index is 1.46. The molecule has 1 aromatic heterocycles. The van der Waals surface area contributed by atoms with E-state index in [2.05, 4.69) is 36.0 Å². The Morgan fingerprint density at radius 2 is 2.00 bits per heavy atom. The third-order valence-electron chi connectivity index (χ3n) is 7.20. The van der Waals surface area contributed by atoms with Crippen LogP contribution in [0.5, 0.6) is 0 Å². The normalized spacial score (nSPS) is 24.4. The number of ether oxygens (including phenoxy) is 1. The van der Waals surface area contributed by atoms with Gasteiger partial charge in [-0.2, -0.15) is 0 Å². The van der Waals surface area contributed by atoms with Crippen LogP contribution in [0.15, 0.2) is 16.6 Å². The standard InChI is InChI=1S/C24H32BrFN6O2/c1-24(2,3)34-23(33)32-9-12-8-16(32)19(12)28-21-14-6-7-15(25)17(26)20(14)29-22(18(21)27)31-10-13(11-31)30(4)5/h6-7,12-13,16,19H,8-11,27H2,1-5H3,(H,28,29). The highest BCUT2D eigenvalue weighted by Crippen LogP contribution is 2.46. The van der Waals surface area contributed by atoms with Gasteiger partial charge in [-0.1, -0.05) is 0 Å². The number of halogens is 2. The Kier molecular flexibility index (Phi) is 5.59. The van der Waals surface area contributed by atoms with Crippen molar-refractivity contribution in [2.75, 3.05) is 49.7 Å². The van der Waals surface area contributed by atoms with Crippen molar-refractivity contribution in [3.8, 4) is 0 Å². The van der Waals surface area contributed by atoms with Crippen LogP contribution < -0.4 is 16.0 Å². The van der Waals surface area contributed by atoms with Crippen LogP contribution in [-0.4, -0.2) is 78.3 Å². The quantitative estimate of drug-likeness (QED) is 0.615. The van der Waals surface area contributed by atoms with E-state index in [1.54, 1.807) is 6.07 Å². The first-order valence-corrected chi connectivity index (χ1v) is 12.5. The fourth-order valence-electron chi connectivity index (χ4n) is 5.16. The van der Waals surface area contributed by atoms with Crippen LogP contribution in [0.2, 0.25) is 0 Å². The Morgan fingerprint density at radius 1 is 1.29 bits per heavy atom. The highest BCUT2D eigenvalue weighted by Gasteiger charge is 2.55. The first-order chi connectivity index (χ1) is 15.9. The van der Waals surface area contributed by atoms with Gasteiger partial charge in [0.2, 0.25) is 0 Å². The van der Waals surface area contributed by atoms with Crippen LogP contribution in [0.4, 0.5) is 26.4 Å². The highest BCUT2D eigenvalue weighted by molar-refractivity contribution is 9.10. The number of benzene rings is 1. The number of anilines is 3. The van der Waals surface area contributed by atoms with Gasteiger partial charge in [-0.15, -0.1) is 0 Å². The number of amides is 1. The Bertz CT molecular complexity index is 1150. The van der Waals surface area contributed by atoms with Crippen LogP contribution in [0.25, 0.3) is 10.9 Å². The van der Waals surface area contributed by atoms with Crippen LogP contribution in [0.1, 0.15) is 27.2 Å². The minimum atomic E-state index is -0.542. The second-order valence-electron chi connectivity index (χ2n) is 10.9. The van der Waals surface area contributed by atoms with E-state index in [1.165, 1.54) is 0 Å². The first kappa shape index (κ1) is 23.4. The number of nitrogens with two attached hydrogens (primary N) is 1. The fourth-order valence-corrected chi connectivity index (χ4v) is 5.48. The molecular formula is C24H32BrFN6O2. The number of pyridine rings is 1. The zero-order chi connectivity index (χ0) is 24.5. The average molecular weight is 535 g/mol. The number of aromatic nitrogens is 1. The largest absolute Gasteiger partial charge is 0.444 e. The van der Waals surface area contributed by atoms with Crippen molar-refractivity contribution in [1.82, 2.24) is 14.8 Å². The van der Waals surface area contributed by atoms with Gasteiger partial charge >= 0.3 is 6.09 Å². The summed E-state index contributed by atoms with van der Waals surface area (Å²) in [6, 6.07) is 3.98. The van der Waals surface area contributed by atoms with Gasteiger partial charge in [0, 0.05) is 37.0 Å². The molecule has 3 unspecified atom stereocenters. The molecule has 1 aromatic carbocycles. The highest BCUT2D eigenvalue weighted by atomic mass is 79.9. The molecule has 4 aliphatic rings. The Hall–Kier alpha value is -2.33. The summed E-state index contributed by atoms with van der Waals surface area (Å²) in [6.45, 7) is 7.82. The van der Waals surface area contributed by atoms with E-state index in [9.17, 15) is 4.79 Å². The molecule has 0 radical (unpaired) electrons. The summed E-state index contributed by atoms with van der Waals surface area (Å²) in [5.74, 6) is 0.491. The summed E-state index contributed by atoms with van der Waals surface area (Å²) in [4.78, 5) is 23.4. The Labute approximate surface area is 207 Å². The summed E-state index contributed by atoms with van der Waals surface area (Å²) in [6.07, 6.45) is 0.631. The molecule has 34 heavy (non-hydrogen) atoms. The number of rotatable bonds is 4. The SMILES string of the molecule is CN(C)C1CN(c2nc3c(F)c(Br)ccc3c(NC3C4CC3N(C(=O)OC(C)(C)C)C4)c2N)C1. The molecule has 4 fully saturated rings. The molecule has 1 amide bonds. The molecule has 3 N–H and O–H groups in total. The molecular weight excluding hydrogens is 503 g/mol. The number of hydrogen-bond acceptors (Lipinski definition) is 7. The maximum Gasteiger partial charge on any atom is 0.410 e. The number of carbonyl (C=O) groups excluding carboxylic acids is 1. The van der Waals surface area contributed by atoms with E-state index < -0.39 is 11.4 Å². The zero-order valence-corrected chi connectivity index (χ0v) is 21.8. The van der Waals surface area contributed by atoms with Crippen LogP contribution >= 0.6 is 15.9 Å². The first-order valence-electron chi connectivity index (χ1n) is 11.7. The minimum absolute atomic E-state index is 0.0216. The molecule has 0 spiro atoms. The van der Waals surface area contributed by atoms with Crippen molar-refractivity contribution in [2.24, 2.45) is 5.92 Å². The number of nitrogens with zero attached hydrogens (tertiary/aromatic N) is 4.